The average Bonchev–Trinajstić information content (AvgIpc) is 2.53. The highest BCUT2D eigenvalue weighted by Gasteiger charge is 2.31. The second kappa shape index (κ2) is 8.07. The van der Waals surface area contributed by atoms with E-state index < -0.39 is 4.92 Å². The zero-order valence-corrected chi connectivity index (χ0v) is 13.1. The third-order valence-corrected chi connectivity index (χ3v) is 3.86. The zero-order chi connectivity index (χ0) is 15.4. The van der Waals surface area contributed by atoms with Gasteiger partial charge < -0.3 is 15.4 Å². The van der Waals surface area contributed by atoms with Crippen LogP contribution in [-0.2, 0) is 4.74 Å². The number of piperidine rings is 1. The normalized spacial score (nSPS) is 21.1. The summed E-state index contributed by atoms with van der Waals surface area (Å²) < 4.78 is 5.33. The lowest BCUT2D eigenvalue weighted by atomic mass is 9.98. The molecule has 2 rings (SSSR count). The van der Waals surface area contributed by atoms with Crippen molar-refractivity contribution in [1.29, 1.82) is 0 Å². The van der Waals surface area contributed by atoms with Gasteiger partial charge in [0, 0.05) is 43.9 Å². The Balaban J connectivity index is 0.00000242. The molecule has 0 spiro atoms. The Morgan fingerprint density at radius 3 is 2.59 bits per heavy atom. The molecule has 1 aromatic rings. The molecule has 8 heteroatoms. The van der Waals surface area contributed by atoms with Gasteiger partial charge in [0.1, 0.15) is 0 Å². The van der Waals surface area contributed by atoms with Gasteiger partial charge in [-0.3, -0.25) is 14.9 Å². The van der Waals surface area contributed by atoms with Gasteiger partial charge in [0.25, 0.3) is 11.6 Å². The van der Waals surface area contributed by atoms with Crippen LogP contribution < -0.4 is 5.73 Å². The minimum atomic E-state index is -0.485. The largest absolute Gasteiger partial charge is 0.381 e. The van der Waals surface area contributed by atoms with Gasteiger partial charge in [-0.05, 0) is 25.0 Å². The van der Waals surface area contributed by atoms with E-state index in [1.54, 1.807) is 12.0 Å². The van der Waals surface area contributed by atoms with Crippen LogP contribution in [0.2, 0.25) is 0 Å². The number of non-ortho nitro benzene ring substituents is 1. The maximum atomic E-state index is 12.5. The molecule has 0 radical (unpaired) electrons. The van der Waals surface area contributed by atoms with E-state index in [9.17, 15) is 14.9 Å². The van der Waals surface area contributed by atoms with Gasteiger partial charge in [0.15, 0.2) is 0 Å². The minimum absolute atomic E-state index is 0. The molecule has 2 unspecified atom stereocenters. The van der Waals surface area contributed by atoms with Crippen molar-refractivity contribution in [2.75, 3.05) is 20.2 Å². The van der Waals surface area contributed by atoms with Gasteiger partial charge in [-0.1, -0.05) is 0 Å². The molecule has 122 valence electrons. The molecule has 2 N–H and O–H groups in total. The number of ether oxygens (including phenoxy) is 1. The van der Waals surface area contributed by atoms with Crippen LogP contribution in [0.25, 0.3) is 0 Å². The highest BCUT2D eigenvalue weighted by molar-refractivity contribution is 5.94. The fourth-order valence-electron chi connectivity index (χ4n) is 2.61. The summed E-state index contributed by atoms with van der Waals surface area (Å²) in [5.74, 6) is -0.144. The number of halogens is 1. The van der Waals surface area contributed by atoms with E-state index in [4.69, 9.17) is 10.5 Å². The van der Waals surface area contributed by atoms with Crippen molar-refractivity contribution in [3.05, 3.63) is 39.9 Å². The maximum absolute atomic E-state index is 12.5. The van der Waals surface area contributed by atoms with Crippen LogP contribution in [0, 0.1) is 10.1 Å². The Hall–Kier alpha value is -1.70. The fourth-order valence-corrected chi connectivity index (χ4v) is 2.61. The molecule has 1 saturated heterocycles. The van der Waals surface area contributed by atoms with Crippen LogP contribution >= 0.6 is 12.4 Å². The highest BCUT2D eigenvalue weighted by atomic mass is 35.5. The van der Waals surface area contributed by atoms with Crippen molar-refractivity contribution in [1.82, 2.24) is 4.90 Å². The number of benzene rings is 1. The Bertz CT molecular complexity index is 523. The summed E-state index contributed by atoms with van der Waals surface area (Å²) in [6, 6.07) is 5.58. The first kappa shape index (κ1) is 18.3. The summed E-state index contributed by atoms with van der Waals surface area (Å²) in [4.78, 5) is 24.4. The van der Waals surface area contributed by atoms with Crippen LogP contribution in [0.1, 0.15) is 23.2 Å². The van der Waals surface area contributed by atoms with E-state index in [0.717, 1.165) is 6.42 Å². The molecule has 2 atom stereocenters. The molecular weight excluding hydrogens is 310 g/mol. The van der Waals surface area contributed by atoms with Gasteiger partial charge in [-0.2, -0.15) is 0 Å². The zero-order valence-electron chi connectivity index (χ0n) is 12.3. The first-order chi connectivity index (χ1) is 10.1. The summed E-state index contributed by atoms with van der Waals surface area (Å²) in [5.41, 5.74) is 6.16. The third kappa shape index (κ3) is 3.94. The molecule has 0 aromatic heterocycles. The van der Waals surface area contributed by atoms with Crippen molar-refractivity contribution in [2.24, 2.45) is 5.73 Å². The predicted octanol–water partition coefficient (Wildman–Crippen LogP) is 1.59. The van der Waals surface area contributed by atoms with Crippen molar-refractivity contribution < 1.29 is 14.5 Å². The van der Waals surface area contributed by atoms with E-state index in [0.29, 0.717) is 25.1 Å². The van der Waals surface area contributed by atoms with Gasteiger partial charge in [-0.15, -0.1) is 12.4 Å². The molecule has 0 bridgehead atoms. The summed E-state index contributed by atoms with van der Waals surface area (Å²) >= 11 is 0. The Morgan fingerprint density at radius 2 is 2.09 bits per heavy atom. The Labute approximate surface area is 135 Å². The topological polar surface area (TPSA) is 98.7 Å². The molecule has 1 amide bonds. The summed E-state index contributed by atoms with van der Waals surface area (Å²) in [5, 5.41) is 10.6. The fraction of sp³-hybridized carbons (Fsp3) is 0.500. The Kier molecular flexibility index (Phi) is 6.73. The lowest BCUT2D eigenvalue weighted by molar-refractivity contribution is -0.384. The van der Waals surface area contributed by atoms with Crippen LogP contribution in [0.5, 0.6) is 0 Å². The lowest BCUT2D eigenvalue weighted by Gasteiger charge is -2.38. The van der Waals surface area contributed by atoms with E-state index in [-0.39, 0.29) is 36.1 Å². The van der Waals surface area contributed by atoms with Gasteiger partial charge in [0.2, 0.25) is 0 Å². The molecule has 1 aromatic carbocycles. The van der Waals surface area contributed by atoms with Gasteiger partial charge in [-0.25, -0.2) is 0 Å². The van der Waals surface area contributed by atoms with Crippen LogP contribution in [0.3, 0.4) is 0 Å². The number of likely N-dealkylation sites (tertiary alicyclic amines) is 1. The maximum Gasteiger partial charge on any atom is 0.269 e. The van der Waals surface area contributed by atoms with Gasteiger partial charge in [0.05, 0.1) is 11.0 Å². The lowest BCUT2D eigenvalue weighted by Crippen LogP contribution is -2.51. The van der Waals surface area contributed by atoms with Crippen molar-refractivity contribution in [3.8, 4) is 0 Å². The number of nitro groups is 1. The number of rotatable bonds is 4. The second-order valence-corrected chi connectivity index (χ2v) is 5.07. The number of carbonyl (C=O) groups excluding carboxylic acids is 1. The number of nitrogens with two attached hydrogens (primary N) is 1. The number of hydrogen-bond donors (Lipinski definition) is 1. The monoisotopic (exact) mass is 329 g/mol. The molecule has 1 heterocycles. The number of amides is 1. The summed E-state index contributed by atoms with van der Waals surface area (Å²) in [6.07, 6.45) is 1.61. The standard InChI is InChI=1S/C14H19N3O4.ClH/c1-21-13-6-7-16(12(8-13)9-15)14(18)10-2-4-11(5-3-10)17(19)20;/h2-5,12-13H,6-9,15H2,1H3;1H. The smallest absolute Gasteiger partial charge is 0.269 e. The van der Waals surface area contributed by atoms with E-state index >= 15 is 0 Å². The highest BCUT2D eigenvalue weighted by Crippen LogP contribution is 2.22. The molecule has 1 aliphatic rings. The SMILES string of the molecule is COC1CCN(C(=O)c2ccc([N+](=O)[O-])cc2)C(CN)C1.Cl. The number of hydrogen-bond acceptors (Lipinski definition) is 5. The third-order valence-electron chi connectivity index (χ3n) is 3.86. The van der Waals surface area contributed by atoms with E-state index in [1.165, 1.54) is 24.3 Å². The number of nitrogens with zero attached hydrogens (tertiary/aromatic N) is 2. The van der Waals surface area contributed by atoms with Crippen LogP contribution in [0.4, 0.5) is 5.69 Å². The molecule has 1 aliphatic heterocycles. The summed E-state index contributed by atoms with van der Waals surface area (Å²) in [6.45, 7) is 0.953. The second-order valence-electron chi connectivity index (χ2n) is 5.07. The van der Waals surface area contributed by atoms with Crippen molar-refractivity contribution >= 4 is 24.0 Å². The van der Waals surface area contributed by atoms with E-state index in [1.807, 2.05) is 0 Å². The van der Waals surface area contributed by atoms with Crippen LogP contribution in [-0.4, -0.2) is 48.1 Å². The number of nitro benzene ring substituents is 1. The predicted molar refractivity (Wildman–Crippen MR) is 84.3 cm³/mol. The molecule has 1 fully saturated rings. The van der Waals surface area contributed by atoms with Crippen molar-refractivity contribution in [2.45, 2.75) is 25.0 Å². The van der Waals surface area contributed by atoms with Crippen LogP contribution in [0.15, 0.2) is 24.3 Å². The van der Waals surface area contributed by atoms with E-state index in [2.05, 4.69) is 0 Å². The quantitative estimate of drug-likeness (QED) is 0.668. The molecule has 0 saturated carbocycles. The summed E-state index contributed by atoms with van der Waals surface area (Å²) in [7, 11) is 1.66. The van der Waals surface area contributed by atoms with Gasteiger partial charge >= 0.3 is 0 Å². The molecule has 22 heavy (non-hydrogen) atoms. The van der Waals surface area contributed by atoms with Crippen molar-refractivity contribution in [3.63, 3.8) is 0 Å². The first-order valence-electron chi connectivity index (χ1n) is 6.85. The number of carbonyl (C=O) groups is 1. The minimum Gasteiger partial charge on any atom is -0.381 e. The first-order valence-corrected chi connectivity index (χ1v) is 6.85. The Morgan fingerprint density at radius 1 is 1.45 bits per heavy atom. The molecular formula is C14H20ClN3O4. The average molecular weight is 330 g/mol. The molecule has 7 nitrogen and oxygen atoms in total. The number of methoxy groups -OCH3 is 1. The molecule has 0 aliphatic carbocycles.